The Morgan fingerprint density at radius 1 is 1.30 bits per heavy atom. The lowest BCUT2D eigenvalue weighted by molar-refractivity contribution is -0.156. The van der Waals surface area contributed by atoms with Crippen LogP contribution in [-0.4, -0.2) is 17.3 Å². The van der Waals surface area contributed by atoms with E-state index in [1.807, 2.05) is 0 Å². The van der Waals surface area contributed by atoms with Crippen molar-refractivity contribution in [2.45, 2.75) is 71.3 Å². The number of hydrogen-bond acceptors (Lipinski definition) is 1. The molecule has 0 spiro atoms. The van der Waals surface area contributed by atoms with Gasteiger partial charge >= 0.3 is 0 Å². The van der Waals surface area contributed by atoms with E-state index in [4.69, 9.17) is 11.6 Å². The summed E-state index contributed by atoms with van der Waals surface area (Å²) >= 11 is 6.07. The molecule has 114 valence electrons. The van der Waals surface area contributed by atoms with Crippen LogP contribution in [0.1, 0.15) is 65.7 Å². The average molecular weight is 298 g/mol. The molecule has 4 bridgehead atoms. The number of hydrogen-bond donors (Lipinski definition) is 1. The predicted octanol–water partition coefficient (Wildman–Crippen LogP) is 4.12. The maximum Gasteiger partial charge on any atom is 0.226 e. The molecule has 4 fully saturated rings. The maximum absolute atomic E-state index is 13.0. The number of rotatable bonds is 4. The molecule has 2 nitrogen and oxygen atoms in total. The van der Waals surface area contributed by atoms with Gasteiger partial charge in [-0.2, -0.15) is 0 Å². The molecule has 0 aliphatic heterocycles. The van der Waals surface area contributed by atoms with Crippen molar-refractivity contribution in [2.75, 3.05) is 5.88 Å². The van der Waals surface area contributed by atoms with E-state index in [1.54, 1.807) is 0 Å². The zero-order valence-corrected chi connectivity index (χ0v) is 13.9. The van der Waals surface area contributed by atoms with Gasteiger partial charge in [0.1, 0.15) is 0 Å². The van der Waals surface area contributed by atoms with Gasteiger partial charge in [0, 0.05) is 5.88 Å². The number of nitrogens with one attached hydrogen (secondary N) is 1. The minimum atomic E-state index is -0.247. The van der Waals surface area contributed by atoms with Gasteiger partial charge in [-0.1, -0.05) is 13.8 Å². The summed E-state index contributed by atoms with van der Waals surface area (Å²) in [6, 6.07) is 0. The van der Waals surface area contributed by atoms with Gasteiger partial charge in [-0.05, 0) is 69.1 Å². The Morgan fingerprint density at radius 3 is 2.35 bits per heavy atom. The maximum atomic E-state index is 13.0. The highest BCUT2D eigenvalue weighted by molar-refractivity contribution is 6.18. The zero-order chi connectivity index (χ0) is 14.6. The molecule has 0 aromatic rings. The van der Waals surface area contributed by atoms with Gasteiger partial charge in [0.25, 0.3) is 0 Å². The van der Waals surface area contributed by atoms with Crippen molar-refractivity contribution in [3.05, 3.63) is 0 Å². The Bertz CT molecular complexity index is 401. The molecule has 4 aliphatic carbocycles. The monoisotopic (exact) mass is 297 g/mol. The molecule has 4 aliphatic rings. The summed E-state index contributed by atoms with van der Waals surface area (Å²) in [4.78, 5) is 13.0. The van der Waals surface area contributed by atoms with Crippen LogP contribution in [0.5, 0.6) is 0 Å². The number of carbonyl (C=O) groups is 1. The molecule has 4 rings (SSSR count). The Morgan fingerprint density at radius 2 is 1.90 bits per heavy atom. The van der Waals surface area contributed by atoms with Crippen LogP contribution in [-0.2, 0) is 4.79 Å². The van der Waals surface area contributed by atoms with Crippen LogP contribution in [0.2, 0.25) is 0 Å². The summed E-state index contributed by atoms with van der Waals surface area (Å²) in [5.74, 6) is 2.37. The van der Waals surface area contributed by atoms with Gasteiger partial charge in [0.05, 0.1) is 11.0 Å². The topological polar surface area (TPSA) is 29.1 Å². The van der Waals surface area contributed by atoms with Crippen molar-refractivity contribution >= 4 is 17.5 Å². The standard InChI is InChI=1S/C17H28ClNO/c1-4-16(3,11-18)19-14(20)17-8-12-5-13(9-17)7-15(2,6-12)10-17/h12-13H,4-11H2,1-3H3,(H,19,20). The fourth-order valence-electron chi connectivity index (χ4n) is 5.61. The highest BCUT2D eigenvalue weighted by Crippen LogP contribution is 2.65. The minimum absolute atomic E-state index is 0.0820. The third-order valence-corrected chi connectivity index (χ3v) is 6.92. The van der Waals surface area contributed by atoms with E-state index in [0.29, 0.717) is 17.2 Å². The van der Waals surface area contributed by atoms with E-state index in [1.165, 1.54) is 19.3 Å². The third kappa shape index (κ3) is 2.28. The summed E-state index contributed by atoms with van der Waals surface area (Å²) < 4.78 is 0. The first-order valence-electron chi connectivity index (χ1n) is 8.21. The second-order valence-corrected chi connectivity index (χ2v) is 8.82. The smallest absolute Gasteiger partial charge is 0.226 e. The SMILES string of the molecule is CCC(C)(CCl)NC(=O)C12CC3CC(CC(C)(C3)C1)C2. The molecule has 3 unspecified atom stereocenters. The number of carbonyl (C=O) groups excluding carboxylic acids is 1. The summed E-state index contributed by atoms with van der Waals surface area (Å²) in [5.41, 5.74) is 0.0925. The normalized spacial score (nSPS) is 45.2. The Hall–Kier alpha value is -0.240. The molecule has 0 radical (unpaired) electrons. The van der Waals surface area contributed by atoms with E-state index in [9.17, 15) is 4.79 Å². The minimum Gasteiger partial charge on any atom is -0.349 e. The van der Waals surface area contributed by atoms with Gasteiger partial charge < -0.3 is 5.32 Å². The Labute approximate surface area is 128 Å². The van der Waals surface area contributed by atoms with Gasteiger partial charge in [0.2, 0.25) is 5.91 Å². The summed E-state index contributed by atoms with van der Waals surface area (Å²) in [5, 5.41) is 3.30. The molecule has 0 aromatic carbocycles. The number of halogens is 1. The summed E-state index contributed by atoms with van der Waals surface area (Å²) in [7, 11) is 0. The number of alkyl halides is 1. The van der Waals surface area contributed by atoms with Crippen LogP contribution in [0.3, 0.4) is 0 Å². The van der Waals surface area contributed by atoms with Gasteiger partial charge in [-0.25, -0.2) is 0 Å². The fraction of sp³-hybridized carbons (Fsp3) is 0.941. The average Bonchev–Trinajstić information content (AvgIpc) is 2.35. The first-order valence-corrected chi connectivity index (χ1v) is 8.74. The van der Waals surface area contributed by atoms with Gasteiger partial charge in [-0.3, -0.25) is 4.79 Å². The molecule has 1 N–H and O–H groups in total. The first kappa shape index (κ1) is 14.7. The van der Waals surface area contributed by atoms with Gasteiger partial charge in [-0.15, -0.1) is 11.6 Å². The van der Waals surface area contributed by atoms with Crippen LogP contribution in [0, 0.1) is 22.7 Å². The zero-order valence-electron chi connectivity index (χ0n) is 13.1. The third-order valence-electron chi connectivity index (χ3n) is 6.33. The summed E-state index contributed by atoms with van der Waals surface area (Å²) in [6.07, 6.45) is 8.28. The fourth-order valence-corrected chi connectivity index (χ4v) is 5.86. The highest BCUT2D eigenvalue weighted by Gasteiger charge is 2.59. The van der Waals surface area contributed by atoms with E-state index >= 15 is 0 Å². The molecule has 3 heteroatoms. The molecular weight excluding hydrogens is 270 g/mol. The molecule has 0 heterocycles. The van der Waals surface area contributed by atoms with Crippen molar-refractivity contribution in [1.82, 2.24) is 5.32 Å². The molecule has 0 aromatic heterocycles. The van der Waals surface area contributed by atoms with Crippen molar-refractivity contribution < 1.29 is 4.79 Å². The second-order valence-electron chi connectivity index (χ2n) is 8.55. The molecular formula is C17H28ClNO. The quantitative estimate of drug-likeness (QED) is 0.777. The lowest BCUT2D eigenvalue weighted by atomic mass is 9.44. The van der Waals surface area contributed by atoms with E-state index in [-0.39, 0.29) is 11.0 Å². The van der Waals surface area contributed by atoms with Crippen molar-refractivity contribution in [3.63, 3.8) is 0 Å². The molecule has 0 saturated heterocycles. The van der Waals surface area contributed by atoms with Crippen LogP contribution in [0.25, 0.3) is 0 Å². The van der Waals surface area contributed by atoms with Crippen molar-refractivity contribution in [1.29, 1.82) is 0 Å². The van der Waals surface area contributed by atoms with Crippen molar-refractivity contribution in [3.8, 4) is 0 Å². The van der Waals surface area contributed by atoms with Crippen LogP contribution >= 0.6 is 11.6 Å². The highest BCUT2D eigenvalue weighted by atomic mass is 35.5. The lowest BCUT2D eigenvalue weighted by Crippen LogP contribution is -2.60. The first-order chi connectivity index (χ1) is 9.32. The largest absolute Gasteiger partial charge is 0.349 e. The molecule has 4 saturated carbocycles. The summed E-state index contributed by atoms with van der Waals surface area (Å²) in [6.45, 7) is 6.58. The van der Waals surface area contributed by atoms with E-state index in [0.717, 1.165) is 37.5 Å². The molecule has 1 amide bonds. The van der Waals surface area contributed by atoms with Crippen LogP contribution in [0.4, 0.5) is 0 Å². The Kier molecular flexibility index (Phi) is 3.40. The van der Waals surface area contributed by atoms with Crippen LogP contribution < -0.4 is 5.32 Å². The number of amides is 1. The van der Waals surface area contributed by atoms with Gasteiger partial charge in [0.15, 0.2) is 0 Å². The second kappa shape index (κ2) is 4.63. The predicted molar refractivity (Wildman–Crippen MR) is 82.8 cm³/mol. The van der Waals surface area contributed by atoms with E-state index < -0.39 is 0 Å². The lowest BCUT2D eigenvalue weighted by Gasteiger charge is -2.60. The van der Waals surface area contributed by atoms with E-state index in [2.05, 4.69) is 26.1 Å². The van der Waals surface area contributed by atoms with Crippen molar-refractivity contribution in [2.24, 2.45) is 22.7 Å². The van der Waals surface area contributed by atoms with Crippen LogP contribution in [0.15, 0.2) is 0 Å². The Balaban J connectivity index is 1.81. The molecule has 3 atom stereocenters. The molecule has 20 heavy (non-hydrogen) atoms.